The summed E-state index contributed by atoms with van der Waals surface area (Å²) in [6.45, 7) is 2.16. The van der Waals surface area contributed by atoms with Crippen LogP contribution in [0, 0.1) is 0 Å². The van der Waals surface area contributed by atoms with Crippen LogP contribution in [0.25, 0.3) is 6.08 Å². The third-order valence-corrected chi connectivity index (χ3v) is 6.19. The Morgan fingerprint density at radius 3 is 2.31 bits per heavy atom. The highest BCUT2D eigenvalue weighted by atomic mass is 16.2. The largest absolute Gasteiger partial charge is 0.340 e. The zero-order valence-corrected chi connectivity index (χ0v) is 16.8. The summed E-state index contributed by atoms with van der Waals surface area (Å²) < 4.78 is 0. The summed E-state index contributed by atoms with van der Waals surface area (Å²) in [6, 6.07) is 20.1. The van der Waals surface area contributed by atoms with Crippen LogP contribution in [-0.2, 0) is 16.0 Å². The summed E-state index contributed by atoms with van der Waals surface area (Å²) in [7, 11) is 0. The van der Waals surface area contributed by atoms with Gasteiger partial charge in [-0.3, -0.25) is 9.59 Å². The molecule has 0 radical (unpaired) electrons. The van der Waals surface area contributed by atoms with Crippen LogP contribution in [0.1, 0.15) is 36.8 Å². The minimum Gasteiger partial charge on any atom is -0.340 e. The number of rotatable bonds is 5. The molecule has 1 spiro atoms. The number of amides is 2. The van der Waals surface area contributed by atoms with Gasteiger partial charge in [-0.2, -0.15) is 0 Å². The molecule has 2 amide bonds. The van der Waals surface area contributed by atoms with Crippen molar-refractivity contribution in [1.82, 2.24) is 9.80 Å². The Labute approximate surface area is 172 Å². The van der Waals surface area contributed by atoms with Crippen molar-refractivity contribution in [2.24, 2.45) is 0 Å². The van der Waals surface area contributed by atoms with Crippen molar-refractivity contribution in [3.63, 3.8) is 0 Å². The molecular weight excluding hydrogens is 360 g/mol. The molecule has 0 aliphatic carbocycles. The monoisotopic (exact) mass is 388 g/mol. The van der Waals surface area contributed by atoms with Crippen LogP contribution in [0.4, 0.5) is 0 Å². The lowest BCUT2D eigenvalue weighted by Crippen LogP contribution is -2.61. The average molecular weight is 389 g/mol. The summed E-state index contributed by atoms with van der Waals surface area (Å²) in [5.74, 6) is 0.0863. The lowest BCUT2D eigenvalue weighted by Gasteiger charge is -2.44. The van der Waals surface area contributed by atoms with Crippen LogP contribution < -0.4 is 0 Å². The number of nitrogens with zero attached hydrogens (tertiary/aromatic N) is 2. The van der Waals surface area contributed by atoms with Crippen molar-refractivity contribution in [3.8, 4) is 0 Å². The highest BCUT2D eigenvalue weighted by Gasteiger charge is 2.52. The van der Waals surface area contributed by atoms with E-state index < -0.39 is 5.54 Å². The van der Waals surface area contributed by atoms with Crippen molar-refractivity contribution in [2.75, 3.05) is 19.6 Å². The van der Waals surface area contributed by atoms with Crippen LogP contribution in [0.3, 0.4) is 0 Å². The molecule has 4 nitrogen and oxygen atoms in total. The third-order valence-electron chi connectivity index (χ3n) is 6.19. The molecule has 2 aliphatic heterocycles. The van der Waals surface area contributed by atoms with Gasteiger partial charge in [0.25, 0.3) is 0 Å². The molecule has 2 heterocycles. The normalized spacial score (nSPS) is 22.0. The van der Waals surface area contributed by atoms with Gasteiger partial charge in [-0.1, -0.05) is 60.7 Å². The average Bonchev–Trinajstić information content (AvgIpc) is 3.19. The van der Waals surface area contributed by atoms with Gasteiger partial charge < -0.3 is 9.80 Å². The number of hydrogen-bond acceptors (Lipinski definition) is 2. The van der Waals surface area contributed by atoms with Gasteiger partial charge in [-0.25, -0.2) is 0 Å². The predicted molar refractivity (Wildman–Crippen MR) is 115 cm³/mol. The van der Waals surface area contributed by atoms with Crippen LogP contribution in [0.2, 0.25) is 0 Å². The van der Waals surface area contributed by atoms with Gasteiger partial charge in [0.15, 0.2) is 0 Å². The second kappa shape index (κ2) is 8.64. The molecule has 2 aromatic carbocycles. The van der Waals surface area contributed by atoms with Crippen LogP contribution in [0.15, 0.2) is 66.7 Å². The molecule has 29 heavy (non-hydrogen) atoms. The molecule has 0 saturated carbocycles. The second-order valence-corrected chi connectivity index (χ2v) is 8.00. The minimum atomic E-state index is -0.646. The Morgan fingerprint density at radius 2 is 1.59 bits per heavy atom. The molecule has 0 bridgehead atoms. The molecule has 0 aromatic heterocycles. The molecule has 2 fully saturated rings. The first-order valence-electron chi connectivity index (χ1n) is 10.6. The van der Waals surface area contributed by atoms with Crippen molar-refractivity contribution in [2.45, 2.75) is 37.6 Å². The Bertz CT molecular complexity index is 878. The van der Waals surface area contributed by atoms with Gasteiger partial charge in [0.1, 0.15) is 5.54 Å². The number of carbonyl (C=O) groups is 2. The number of hydrogen-bond donors (Lipinski definition) is 0. The van der Waals surface area contributed by atoms with E-state index in [0.29, 0.717) is 13.1 Å². The Kier molecular flexibility index (Phi) is 5.79. The standard InChI is InChI=1S/C25H28N2O2/c28-23(14-13-21-9-3-1-4-10-21)27-19-8-17-25(27)16-7-18-26(24(25)29)20-15-22-11-5-2-6-12-22/h1-6,9-14H,7-8,15-20H2. The predicted octanol–water partition coefficient (Wildman–Crippen LogP) is 3.93. The molecule has 2 saturated heterocycles. The summed E-state index contributed by atoms with van der Waals surface area (Å²) in [4.78, 5) is 30.3. The molecule has 1 unspecified atom stereocenters. The SMILES string of the molecule is O=C(C=Cc1ccccc1)N1CCCC12CCCN(CCc1ccccc1)C2=O. The first kappa shape index (κ1) is 19.4. The zero-order chi connectivity index (χ0) is 20.1. The van der Waals surface area contributed by atoms with E-state index in [9.17, 15) is 9.59 Å². The molecule has 2 aromatic rings. The molecular formula is C25H28N2O2. The maximum absolute atomic E-state index is 13.5. The number of benzene rings is 2. The van der Waals surface area contributed by atoms with E-state index in [1.165, 1.54) is 5.56 Å². The maximum Gasteiger partial charge on any atom is 0.248 e. The summed E-state index contributed by atoms with van der Waals surface area (Å²) in [5.41, 5.74) is 1.59. The van der Waals surface area contributed by atoms with Gasteiger partial charge in [0.2, 0.25) is 11.8 Å². The molecule has 4 rings (SSSR count). The van der Waals surface area contributed by atoms with E-state index in [0.717, 1.165) is 44.2 Å². The molecule has 1 atom stereocenters. The Morgan fingerprint density at radius 1 is 0.931 bits per heavy atom. The fourth-order valence-corrected chi connectivity index (χ4v) is 4.69. The first-order chi connectivity index (χ1) is 14.2. The van der Waals surface area contributed by atoms with Gasteiger partial charge in [0.05, 0.1) is 0 Å². The van der Waals surface area contributed by atoms with Crippen LogP contribution in [-0.4, -0.2) is 46.8 Å². The van der Waals surface area contributed by atoms with E-state index in [1.807, 2.05) is 64.4 Å². The van der Waals surface area contributed by atoms with Gasteiger partial charge in [0, 0.05) is 25.7 Å². The lowest BCUT2D eigenvalue weighted by atomic mass is 9.85. The highest BCUT2D eigenvalue weighted by Crippen LogP contribution is 2.38. The van der Waals surface area contributed by atoms with Crippen LogP contribution in [0.5, 0.6) is 0 Å². The van der Waals surface area contributed by atoms with Crippen molar-refractivity contribution < 1.29 is 9.59 Å². The summed E-state index contributed by atoms with van der Waals surface area (Å²) in [6.07, 6.45) is 7.71. The smallest absolute Gasteiger partial charge is 0.248 e. The first-order valence-corrected chi connectivity index (χ1v) is 10.6. The van der Waals surface area contributed by atoms with Gasteiger partial charge in [-0.15, -0.1) is 0 Å². The molecule has 150 valence electrons. The van der Waals surface area contributed by atoms with E-state index in [4.69, 9.17) is 0 Å². The van der Waals surface area contributed by atoms with Gasteiger partial charge in [-0.05, 0) is 49.3 Å². The zero-order valence-electron chi connectivity index (χ0n) is 16.8. The number of piperidine rings is 1. The van der Waals surface area contributed by atoms with E-state index >= 15 is 0 Å². The van der Waals surface area contributed by atoms with Crippen molar-refractivity contribution in [1.29, 1.82) is 0 Å². The summed E-state index contributed by atoms with van der Waals surface area (Å²) in [5, 5.41) is 0. The van der Waals surface area contributed by atoms with E-state index in [2.05, 4.69) is 12.1 Å². The Balaban J connectivity index is 1.46. The quantitative estimate of drug-likeness (QED) is 0.729. The fraction of sp³-hybridized carbons (Fsp3) is 0.360. The number of likely N-dealkylation sites (tertiary alicyclic amines) is 2. The molecule has 4 heteroatoms. The molecule has 0 N–H and O–H groups in total. The van der Waals surface area contributed by atoms with Crippen molar-refractivity contribution in [3.05, 3.63) is 77.9 Å². The maximum atomic E-state index is 13.5. The van der Waals surface area contributed by atoms with Crippen molar-refractivity contribution >= 4 is 17.9 Å². The second-order valence-electron chi connectivity index (χ2n) is 8.00. The fourth-order valence-electron chi connectivity index (χ4n) is 4.69. The topological polar surface area (TPSA) is 40.6 Å². The van der Waals surface area contributed by atoms with Gasteiger partial charge >= 0.3 is 0 Å². The van der Waals surface area contributed by atoms with E-state index in [-0.39, 0.29) is 11.8 Å². The third kappa shape index (κ3) is 4.12. The highest BCUT2D eigenvalue weighted by molar-refractivity contribution is 5.98. The Hall–Kier alpha value is -2.88. The summed E-state index contributed by atoms with van der Waals surface area (Å²) >= 11 is 0. The minimum absolute atomic E-state index is 0.0513. The molecule has 2 aliphatic rings. The number of carbonyl (C=O) groups excluding carboxylic acids is 2. The lowest BCUT2D eigenvalue weighted by molar-refractivity contribution is -0.153. The van der Waals surface area contributed by atoms with E-state index in [1.54, 1.807) is 6.08 Å². The van der Waals surface area contributed by atoms with Crippen LogP contribution >= 0.6 is 0 Å².